The van der Waals surface area contributed by atoms with Gasteiger partial charge >= 0.3 is 0 Å². The van der Waals surface area contributed by atoms with Gasteiger partial charge < -0.3 is 9.47 Å². The van der Waals surface area contributed by atoms with Crippen LogP contribution in [0.2, 0.25) is 0 Å². The summed E-state index contributed by atoms with van der Waals surface area (Å²) in [5.74, 6) is 1.60. The molecule has 15 heavy (non-hydrogen) atoms. The molecular formula is C11H11NO2S. The maximum Gasteiger partial charge on any atom is 0.131 e. The topological polar surface area (TPSA) is 31.4 Å². The smallest absolute Gasteiger partial charge is 0.131 e. The SMILES string of the molecule is COc1ccc(-c2cncs2)c(OC)c1. The molecule has 3 nitrogen and oxygen atoms in total. The van der Waals surface area contributed by atoms with Crippen molar-refractivity contribution in [2.24, 2.45) is 0 Å². The van der Waals surface area contributed by atoms with Crippen molar-refractivity contribution >= 4 is 11.3 Å². The molecule has 0 bridgehead atoms. The maximum atomic E-state index is 5.31. The van der Waals surface area contributed by atoms with E-state index in [0.29, 0.717) is 0 Å². The molecule has 0 fully saturated rings. The van der Waals surface area contributed by atoms with Gasteiger partial charge in [0.05, 0.1) is 24.6 Å². The van der Waals surface area contributed by atoms with E-state index in [-0.39, 0.29) is 0 Å². The van der Waals surface area contributed by atoms with Crippen molar-refractivity contribution < 1.29 is 9.47 Å². The molecule has 0 spiro atoms. The third kappa shape index (κ3) is 1.94. The first-order valence-electron chi connectivity index (χ1n) is 4.46. The highest BCUT2D eigenvalue weighted by Gasteiger charge is 2.08. The minimum atomic E-state index is 0.792. The number of nitrogens with zero attached hydrogens (tertiary/aromatic N) is 1. The van der Waals surface area contributed by atoms with Crippen molar-refractivity contribution in [1.82, 2.24) is 4.98 Å². The molecule has 1 aromatic heterocycles. The average molecular weight is 221 g/mol. The van der Waals surface area contributed by atoms with Crippen LogP contribution in [0.1, 0.15) is 0 Å². The Hall–Kier alpha value is -1.55. The Morgan fingerprint density at radius 1 is 1.20 bits per heavy atom. The lowest BCUT2D eigenvalue weighted by atomic mass is 10.1. The average Bonchev–Trinajstić information content (AvgIpc) is 2.81. The van der Waals surface area contributed by atoms with Crippen LogP contribution in [0.4, 0.5) is 0 Å². The zero-order chi connectivity index (χ0) is 10.7. The van der Waals surface area contributed by atoms with Gasteiger partial charge in [-0.2, -0.15) is 0 Å². The molecule has 1 heterocycles. The van der Waals surface area contributed by atoms with Crippen molar-refractivity contribution in [2.75, 3.05) is 14.2 Å². The molecule has 2 rings (SSSR count). The summed E-state index contributed by atoms with van der Waals surface area (Å²) in [5, 5.41) is 0. The predicted molar refractivity (Wildman–Crippen MR) is 60.7 cm³/mol. The van der Waals surface area contributed by atoms with Crippen LogP contribution in [0.15, 0.2) is 29.9 Å². The molecule has 0 saturated heterocycles. The van der Waals surface area contributed by atoms with Gasteiger partial charge in [0.25, 0.3) is 0 Å². The molecule has 4 heteroatoms. The Balaban J connectivity index is 2.48. The third-order valence-corrected chi connectivity index (χ3v) is 2.91. The summed E-state index contributed by atoms with van der Waals surface area (Å²) in [4.78, 5) is 5.14. The number of hydrogen-bond donors (Lipinski definition) is 0. The summed E-state index contributed by atoms with van der Waals surface area (Å²) < 4.78 is 10.4. The lowest BCUT2D eigenvalue weighted by molar-refractivity contribution is 0.395. The Bertz CT molecular complexity index is 440. The number of aromatic nitrogens is 1. The second-order valence-corrected chi connectivity index (χ2v) is 3.82. The second-order valence-electron chi connectivity index (χ2n) is 2.93. The van der Waals surface area contributed by atoms with Crippen molar-refractivity contribution in [3.05, 3.63) is 29.9 Å². The fourth-order valence-corrected chi connectivity index (χ4v) is 2.00. The highest BCUT2D eigenvalue weighted by molar-refractivity contribution is 7.13. The van der Waals surface area contributed by atoms with E-state index in [1.165, 1.54) is 0 Å². The monoisotopic (exact) mass is 221 g/mol. The van der Waals surface area contributed by atoms with E-state index in [4.69, 9.17) is 9.47 Å². The van der Waals surface area contributed by atoms with Gasteiger partial charge in [0.1, 0.15) is 11.5 Å². The van der Waals surface area contributed by atoms with Crippen LogP contribution >= 0.6 is 11.3 Å². The van der Waals surface area contributed by atoms with E-state index in [2.05, 4.69) is 4.98 Å². The lowest BCUT2D eigenvalue weighted by Gasteiger charge is -2.08. The van der Waals surface area contributed by atoms with Gasteiger partial charge in [-0.25, -0.2) is 0 Å². The maximum absolute atomic E-state index is 5.31. The normalized spacial score (nSPS) is 10.0. The first kappa shape index (κ1) is 9.98. The van der Waals surface area contributed by atoms with Crippen LogP contribution in [-0.2, 0) is 0 Å². The van der Waals surface area contributed by atoms with E-state index in [1.54, 1.807) is 31.1 Å². The Kier molecular flexibility index (Phi) is 2.87. The summed E-state index contributed by atoms with van der Waals surface area (Å²) in [5.41, 5.74) is 2.85. The number of methoxy groups -OCH3 is 2. The number of ether oxygens (including phenoxy) is 2. The minimum Gasteiger partial charge on any atom is -0.497 e. The van der Waals surface area contributed by atoms with Crippen LogP contribution in [0.5, 0.6) is 11.5 Å². The zero-order valence-electron chi connectivity index (χ0n) is 8.56. The van der Waals surface area contributed by atoms with E-state index in [9.17, 15) is 0 Å². The van der Waals surface area contributed by atoms with E-state index >= 15 is 0 Å². The Labute approximate surface area is 92.3 Å². The van der Waals surface area contributed by atoms with Gasteiger partial charge in [-0.15, -0.1) is 11.3 Å². The van der Waals surface area contributed by atoms with E-state index in [1.807, 2.05) is 24.4 Å². The van der Waals surface area contributed by atoms with Crippen molar-refractivity contribution in [3.8, 4) is 21.9 Å². The summed E-state index contributed by atoms with van der Waals surface area (Å²) in [6.07, 6.45) is 1.83. The van der Waals surface area contributed by atoms with E-state index < -0.39 is 0 Å². The minimum absolute atomic E-state index is 0.792. The molecule has 0 N–H and O–H groups in total. The number of benzene rings is 1. The van der Waals surface area contributed by atoms with Gasteiger partial charge in [0.15, 0.2) is 0 Å². The molecule has 0 radical (unpaired) electrons. The number of thiazole rings is 1. The number of hydrogen-bond acceptors (Lipinski definition) is 4. The van der Waals surface area contributed by atoms with Gasteiger partial charge in [-0.1, -0.05) is 0 Å². The first-order chi connectivity index (χ1) is 7.35. The molecule has 2 aromatic rings. The molecule has 0 aliphatic heterocycles. The zero-order valence-corrected chi connectivity index (χ0v) is 9.38. The van der Waals surface area contributed by atoms with Crippen molar-refractivity contribution in [1.29, 1.82) is 0 Å². The quantitative estimate of drug-likeness (QED) is 0.798. The summed E-state index contributed by atoms with van der Waals surface area (Å²) in [7, 11) is 3.29. The van der Waals surface area contributed by atoms with Crippen LogP contribution < -0.4 is 9.47 Å². The highest BCUT2D eigenvalue weighted by Crippen LogP contribution is 2.34. The molecule has 0 unspecified atom stereocenters. The highest BCUT2D eigenvalue weighted by atomic mass is 32.1. The Morgan fingerprint density at radius 2 is 2.07 bits per heavy atom. The standard InChI is InChI=1S/C11H11NO2S/c1-13-8-3-4-9(10(5-8)14-2)11-6-12-7-15-11/h3-7H,1-2H3. The Morgan fingerprint density at radius 3 is 2.67 bits per heavy atom. The van der Waals surface area contributed by atoms with Crippen molar-refractivity contribution in [3.63, 3.8) is 0 Å². The second kappa shape index (κ2) is 4.31. The largest absolute Gasteiger partial charge is 0.497 e. The molecule has 0 saturated carbocycles. The van der Waals surface area contributed by atoms with Gasteiger partial charge in [0, 0.05) is 17.8 Å². The molecule has 78 valence electrons. The fraction of sp³-hybridized carbons (Fsp3) is 0.182. The molecule has 0 aliphatic rings. The van der Waals surface area contributed by atoms with Gasteiger partial charge in [-0.05, 0) is 12.1 Å². The molecule has 1 aromatic carbocycles. The van der Waals surface area contributed by atoms with Crippen molar-refractivity contribution in [2.45, 2.75) is 0 Å². The fourth-order valence-electron chi connectivity index (χ4n) is 1.35. The molecule has 0 atom stereocenters. The van der Waals surface area contributed by atoms with Crippen LogP contribution in [0, 0.1) is 0 Å². The van der Waals surface area contributed by atoms with Crippen LogP contribution in [0.3, 0.4) is 0 Å². The number of rotatable bonds is 3. The summed E-state index contributed by atoms with van der Waals surface area (Å²) in [6, 6.07) is 5.76. The predicted octanol–water partition coefficient (Wildman–Crippen LogP) is 2.83. The first-order valence-corrected chi connectivity index (χ1v) is 5.34. The van der Waals surface area contributed by atoms with Crippen LogP contribution in [0.25, 0.3) is 10.4 Å². The molecule has 0 amide bonds. The van der Waals surface area contributed by atoms with Gasteiger partial charge in [-0.3, -0.25) is 4.98 Å². The molecule has 0 aliphatic carbocycles. The third-order valence-electron chi connectivity index (χ3n) is 2.11. The van der Waals surface area contributed by atoms with E-state index in [0.717, 1.165) is 21.9 Å². The lowest BCUT2D eigenvalue weighted by Crippen LogP contribution is -1.89. The van der Waals surface area contributed by atoms with Crippen LogP contribution in [-0.4, -0.2) is 19.2 Å². The van der Waals surface area contributed by atoms with Gasteiger partial charge in [0.2, 0.25) is 0 Å². The summed E-state index contributed by atoms with van der Waals surface area (Å²) >= 11 is 1.59. The molecular weight excluding hydrogens is 210 g/mol. The summed E-state index contributed by atoms with van der Waals surface area (Å²) in [6.45, 7) is 0.